The predicted molar refractivity (Wildman–Crippen MR) is 88.7 cm³/mol. The quantitative estimate of drug-likeness (QED) is 0.902. The zero-order valence-corrected chi connectivity index (χ0v) is 13.4. The summed E-state index contributed by atoms with van der Waals surface area (Å²) in [7, 11) is 0. The molecule has 1 aromatic carbocycles. The highest BCUT2D eigenvalue weighted by molar-refractivity contribution is 5.57. The lowest BCUT2D eigenvalue weighted by molar-refractivity contribution is 0.334. The first kappa shape index (κ1) is 15.7. The molecule has 2 heterocycles. The number of aryl methyl sites for hydroxylation is 1. The van der Waals surface area contributed by atoms with Crippen molar-refractivity contribution in [3.05, 3.63) is 69.0 Å². The summed E-state index contributed by atoms with van der Waals surface area (Å²) < 4.78 is 11.2. The maximum absolute atomic E-state index is 12.6. The first-order valence-electron chi connectivity index (χ1n) is 7.60. The lowest BCUT2D eigenvalue weighted by atomic mass is 9.83. The highest BCUT2D eigenvalue weighted by Gasteiger charge is 2.34. The van der Waals surface area contributed by atoms with Crippen molar-refractivity contribution in [3.63, 3.8) is 0 Å². The molecule has 0 aliphatic carbocycles. The van der Waals surface area contributed by atoms with E-state index in [-0.39, 0.29) is 17.0 Å². The number of allylic oxidation sites excluding steroid dienone is 1. The molecule has 6 heteroatoms. The summed E-state index contributed by atoms with van der Waals surface area (Å²) in [6.45, 7) is 4.10. The van der Waals surface area contributed by atoms with Gasteiger partial charge < -0.3 is 20.2 Å². The number of nitrogens with two attached hydrogens (primary N) is 1. The molecule has 0 saturated heterocycles. The lowest BCUT2D eigenvalue weighted by Crippen LogP contribution is -2.28. The normalized spacial score (nSPS) is 16.1. The molecule has 0 spiro atoms. The molecular formula is C18H17N3O3. The molecule has 0 unspecified atom stereocenters. The number of aromatic amines is 1. The van der Waals surface area contributed by atoms with Crippen LogP contribution < -0.4 is 20.8 Å². The van der Waals surface area contributed by atoms with E-state index in [1.54, 1.807) is 13.0 Å². The minimum atomic E-state index is -0.633. The molecule has 1 aromatic heterocycles. The average molecular weight is 323 g/mol. The number of hydrogen-bond donors (Lipinski definition) is 2. The minimum Gasteiger partial charge on any atom is -0.494 e. The molecule has 1 aliphatic rings. The van der Waals surface area contributed by atoms with E-state index in [4.69, 9.17) is 15.2 Å². The van der Waals surface area contributed by atoms with Crippen molar-refractivity contribution in [2.75, 3.05) is 6.61 Å². The van der Waals surface area contributed by atoms with Crippen molar-refractivity contribution in [3.8, 4) is 17.6 Å². The number of benzene rings is 1. The van der Waals surface area contributed by atoms with Crippen molar-refractivity contribution < 1.29 is 9.47 Å². The zero-order chi connectivity index (χ0) is 17.3. The van der Waals surface area contributed by atoms with E-state index in [2.05, 4.69) is 11.1 Å². The van der Waals surface area contributed by atoms with Crippen molar-refractivity contribution in [1.29, 1.82) is 5.26 Å². The van der Waals surface area contributed by atoms with Gasteiger partial charge in [0.2, 0.25) is 5.88 Å². The van der Waals surface area contributed by atoms with E-state index in [1.807, 2.05) is 31.2 Å². The highest BCUT2D eigenvalue weighted by atomic mass is 16.5. The minimum absolute atomic E-state index is 0.00583. The first-order valence-corrected chi connectivity index (χ1v) is 7.60. The van der Waals surface area contributed by atoms with Crippen LogP contribution in [0.25, 0.3) is 0 Å². The van der Waals surface area contributed by atoms with Gasteiger partial charge in [0.1, 0.15) is 23.1 Å². The van der Waals surface area contributed by atoms with Crippen LogP contribution in [0.2, 0.25) is 0 Å². The summed E-state index contributed by atoms with van der Waals surface area (Å²) in [5.74, 6) is 0.347. The molecular weight excluding hydrogens is 306 g/mol. The third kappa shape index (κ3) is 2.50. The molecule has 6 nitrogen and oxygen atoms in total. The maximum atomic E-state index is 12.6. The Morgan fingerprint density at radius 3 is 2.88 bits per heavy atom. The topological polar surface area (TPSA) is 101 Å². The van der Waals surface area contributed by atoms with Gasteiger partial charge in [-0.05, 0) is 19.9 Å². The van der Waals surface area contributed by atoms with Gasteiger partial charge in [0.25, 0.3) is 5.56 Å². The third-order valence-electron chi connectivity index (χ3n) is 3.88. The third-order valence-corrected chi connectivity index (χ3v) is 3.88. The largest absolute Gasteiger partial charge is 0.494 e. The Bertz CT molecular complexity index is 922. The number of ether oxygens (including phenoxy) is 2. The monoisotopic (exact) mass is 323 g/mol. The van der Waals surface area contributed by atoms with Crippen LogP contribution in [0.5, 0.6) is 11.5 Å². The van der Waals surface area contributed by atoms with Crippen LogP contribution in [0.4, 0.5) is 0 Å². The zero-order valence-electron chi connectivity index (χ0n) is 13.4. The summed E-state index contributed by atoms with van der Waals surface area (Å²) in [6.07, 6.45) is 0. The van der Waals surface area contributed by atoms with Crippen LogP contribution >= 0.6 is 0 Å². The molecule has 2 aromatic rings. The second kappa shape index (κ2) is 6.13. The Kier molecular flexibility index (Phi) is 4.00. The van der Waals surface area contributed by atoms with Gasteiger partial charge in [-0.1, -0.05) is 18.2 Å². The van der Waals surface area contributed by atoms with E-state index in [0.717, 1.165) is 0 Å². The lowest BCUT2D eigenvalue weighted by Gasteiger charge is -2.26. The van der Waals surface area contributed by atoms with E-state index in [1.165, 1.54) is 0 Å². The van der Waals surface area contributed by atoms with E-state index in [9.17, 15) is 10.1 Å². The number of nitrogens with one attached hydrogen (secondary N) is 1. The molecule has 24 heavy (non-hydrogen) atoms. The fourth-order valence-electron chi connectivity index (χ4n) is 2.92. The van der Waals surface area contributed by atoms with Crippen LogP contribution in [0.1, 0.15) is 29.7 Å². The van der Waals surface area contributed by atoms with Crippen LogP contribution in [0, 0.1) is 18.3 Å². The molecule has 0 saturated carbocycles. The van der Waals surface area contributed by atoms with Gasteiger partial charge in [0, 0.05) is 17.3 Å². The molecule has 0 fully saturated rings. The SMILES string of the molecule is CCOc1ccccc1[C@H]1C(C#N)=C(N)Oc2cc(C)[nH]c(=O)c21. The Morgan fingerprint density at radius 2 is 2.17 bits per heavy atom. The molecule has 1 aliphatic heterocycles. The number of aromatic nitrogens is 1. The number of fused-ring (bicyclic) bond motifs is 1. The Balaban J connectivity index is 2.31. The van der Waals surface area contributed by atoms with Gasteiger partial charge in [0.15, 0.2) is 0 Å². The van der Waals surface area contributed by atoms with Gasteiger partial charge in [-0.3, -0.25) is 4.79 Å². The summed E-state index contributed by atoms with van der Waals surface area (Å²) in [4.78, 5) is 15.3. The fraction of sp³-hybridized carbons (Fsp3) is 0.222. The van der Waals surface area contributed by atoms with Gasteiger partial charge in [-0.2, -0.15) is 5.26 Å². The standard InChI is InChI=1S/C18H17N3O3/c1-3-23-13-7-5-4-6-11(13)15-12(9-19)17(20)24-14-8-10(2)21-18(22)16(14)15/h4-8,15H,3,20H2,1-2H3,(H,21,22)/t15-/m0/s1. The Labute approximate surface area is 139 Å². The van der Waals surface area contributed by atoms with Crippen molar-refractivity contribution in [2.24, 2.45) is 5.73 Å². The molecule has 3 rings (SSSR count). The summed E-state index contributed by atoms with van der Waals surface area (Å²) in [5.41, 5.74) is 7.55. The predicted octanol–water partition coefficient (Wildman–Crippen LogP) is 2.30. The number of H-pyrrole nitrogens is 1. The first-order chi connectivity index (χ1) is 11.6. The van der Waals surface area contributed by atoms with Gasteiger partial charge in [-0.15, -0.1) is 0 Å². The van der Waals surface area contributed by atoms with E-state index >= 15 is 0 Å². The van der Waals surface area contributed by atoms with Crippen LogP contribution in [-0.4, -0.2) is 11.6 Å². The second-order valence-corrected chi connectivity index (χ2v) is 5.46. The number of rotatable bonds is 3. The van der Waals surface area contributed by atoms with Gasteiger partial charge >= 0.3 is 0 Å². The second-order valence-electron chi connectivity index (χ2n) is 5.46. The summed E-state index contributed by atoms with van der Waals surface area (Å²) in [5, 5.41) is 9.56. The molecule has 122 valence electrons. The van der Waals surface area contributed by atoms with Crippen molar-refractivity contribution in [2.45, 2.75) is 19.8 Å². The summed E-state index contributed by atoms with van der Waals surface area (Å²) in [6, 6.07) is 11.1. The molecule has 0 radical (unpaired) electrons. The molecule has 0 amide bonds. The maximum Gasteiger partial charge on any atom is 0.256 e. The number of pyridine rings is 1. The number of nitriles is 1. The van der Waals surface area contributed by atoms with Gasteiger partial charge in [0.05, 0.1) is 18.1 Å². The highest BCUT2D eigenvalue weighted by Crippen LogP contribution is 2.43. The van der Waals surface area contributed by atoms with Gasteiger partial charge in [-0.25, -0.2) is 0 Å². The van der Waals surface area contributed by atoms with Crippen LogP contribution in [0.3, 0.4) is 0 Å². The average Bonchev–Trinajstić information content (AvgIpc) is 2.54. The molecule has 3 N–H and O–H groups in total. The number of para-hydroxylation sites is 1. The number of hydrogen-bond acceptors (Lipinski definition) is 5. The van der Waals surface area contributed by atoms with Crippen LogP contribution in [-0.2, 0) is 0 Å². The summed E-state index contributed by atoms with van der Waals surface area (Å²) >= 11 is 0. The molecule has 1 atom stereocenters. The fourth-order valence-corrected chi connectivity index (χ4v) is 2.92. The number of nitrogens with zero attached hydrogens (tertiary/aromatic N) is 1. The Morgan fingerprint density at radius 1 is 1.42 bits per heavy atom. The van der Waals surface area contributed by atoms with Crippen molar-refractivity contribution in [1.82, 2.24) is 4.98 Å². The molecule has 0 bridgehead atoms. The van der Waals surface area contributed by atoms with Crippen LogP contribution in [0.15, 0.2) is 46.6 Å². The smallest absolute Gasteiger partial charge is 0.256 e. The van der Waals surface area contributed by atoms with Crippen molar-refractivity contribution >= 4 is 0 Å². The van der Waals surface area contributed by atoms with E-state index < -0.39 is 5.92 Å². The Hall–Kier alpha value is -3.20. The van der Waals surface area contributed by atoms with E-state index in [0.29, 0.717) is 34.9 Å².